The molecule has 1 aromatic rings. The van der Waals surface area contributed by atoms with Crippen molar-refractivity contribution in [1.82, 2.24) is 0 Å². The minimum absolute atomic E-state index is 0.113. The topological polar surface area (TPSA) is 89.9 Å². The molecule has 1 aliphatic carbocycles. The molecule has 0 atom stereocenters. The third-order valence-corrected chi connectivity index (χ3v) is 6.30. The van der Waals surface area contributed by atoms with E-state index in [0.717, 1.165) is 25.5 Å². The van der Waals surface area contributed by atoms with E-state index in [1.807, 2.05) is 0 Å². The summed E-state index contributed by atoms with van der Waals surface area (Å²) in [4.78, 5) is 0. The summed E-state index contributed by atoms with van der Waals surface area (Å²) in [6, 6.07) is 8.62. The molecule has 1 saturated carbocycles. The predicted octanol–water partition coefficient (Wildman–Crippen LogP) is 2.11. The van der Waals surface area contributed by atoms with Gasteiger partial charge in [-0.25, -0.2) is 8.42 Å². The lowest BCUT2D eigenvalue weighted by molar-refractivity contribution is 0.343. The first-order valence-electron chi connectivity index (χ1n) is 7.50. The summed E-state index contributed by atoms with van der Waals surface area (Å²) in [5, 5.41) is 3.21. The fourth-order valence-electron chi connectivity index (χ4n) is 2.64. The highest BCUT2D eigenvalue weighted by atomic mass is 32.2. The molecule has 2 rings (SSSR count). The molecule has 128 valence electrons. The molecule has 1 fully saturated rings. The minimum atomic E-state index is -3.79. The maximum absolute atomic E-state index is 12.6. The number of rotatable bonds is 6. The SMILES string of the molecule is CS(=O)(=O)ON=C(CS(=O)(=O)C1CCCCC1)c1ccccc1. The van der Waals surface area contributed by atoms with Crippen LogP contribution in [0.15, 0.2) is 35.5 Å². The Bertz CT molecular complexity index is 748. The molecule has 0 heterocycles. The average Bonchev–Trinajstić information content (AvgIpc) is 2.52. The van der Waals surface area contributed by atoms with Gasteiger partial charge in [0.25, 0.3) is 0 Å². The van der Waals surface area contributed by atoms with Crippen molar-refractivity contribution in [1.29, 1.82) is 0 Å². The number of oxime groups is 1. The highest BCUT2D eigenvalue weighted by Crippen LogP contribution is 2.25. The molecular weight excluding hydrogens is 338 g/mol. The Morgan fingerprint density at radius 3 is 2.26 bits per heavy atom. The lowest BCUT2D eigenvalue weighted by Gasteiger charge is -2.22. The van der Waals surface area contributed by atoms with Crippen molar-refractivity contribution in [2.24, 2.45) is 5.16 Å². The summed E-state index contributed by atoms with van der Waals surface area (Å²) in [6.07, 6.45) is 5.04. The van der Waals surface area contributed by atoms with Gasteiger partial charge in [0, 0.05) is 5.56 Å². The lowest BCUT2D eigenvalue weighted by Crippen LogP contribution is -2.30. The number of hydrogen-bond donors (Lipinski definition) is 0. The van der Waals surface area contributed by atoms with Crippen LogP contribution in [0.3, 0.4) is 0 Å². The zero-order valence-electron chi connectivity index (χ0n) is 13.0. The summed E-state index contributed by atoms with van der Waals surface area (Å²) in [6.45, 7) is 0. The van der Waals surface area contributed by atoms with Crippen LogP contribution in [0.4, 0.5) is 0 Å². The zero-order valence-corrected chi connectivity index (χ0v) is 14.6. The fraction of sp³-hybridized carbons (Fsp3) is 0.533. The molecule has 1 aliphatic rings. The molecule has 0 aromatic heterocycles. The molecule has 0 saturated heterocycles. The number of hydrogen-bond acceptors (Lipinski definition) is 6. The average molecular weight is 359 g/mol. The third kappa shape index (κ3) is 5.62. The van der Waals surface area contributed by atoms with E-state index < -0.39 is 20.0 Å². The van der Waals surface area contributed by atoms with Crippen LogP contribution in [0, 0.1) is 0 Å². The van der Waals surface area contributed by atoms with E-state index in [-0.39, 0.29) is 16.7 Å². The molecule has 0 aliphatic heterocycles. The van der Waals surface area contributed by atoms with Gasteiger partial charge in [-0.15, -0.1) is 0 Å². The van der Waals surface area contributed by atoms with Crippen LogP contribution in [0.5, 0.6) is 0 Å². The monoisotopic (exact) mass is 359 g/mol. The van der Waals surface area contributed by atoms with E-state index in [2.05, 4.69) is 9.44 Å². The Hall–Kier alpha value is -1.41. The van der Waals surface area contributed by atoms with Crippen molar-refractivity contribution >= 4 is 25.7 Å². The molecule has 0 spiro atoms. The van der Waals surface area contributed by atoms with Crippen molar-refractivity contribution in [3.8, 4) is 0 Å². The second kappa shape index (κ2) is 7.44. The highest BCUT2D eigenvalue weighted by Gasteiger charge is 2.29. The first kappa shape index (κ1) is 17.9. The molecule has 0 radical (unpaired) electrons. The predicted molar refractivity (Wildman–Crippen MR) is 89.6 cm³/mol. The van der Waals surface area contributed by atoms with Crippen LogP contribution in [-0.4, -0.2) is 39.8 Å². The second-order valence-electron chi connectivity index (χ2n) is 5.75. The first-order chi connectivity index (χ1) is 10.8. The summed E-state index contributed by atoms with van der Waals surface area (Å²) >= 11 is 0. The van der Waals surface area contributed by atoms with Gasteiger partial charge in [-0.2, -0.15) is 8.42 Å². The van der Waals surface area contributed by atoms with Crippen LogP contribution < -0.4 is 0 Å². The van der Waals surface area contributed by atoms with Crippen molar-refractivity contribution in [2.45, 2.75) is 37.4 Å². The molecule has 0 N–H and O–H groups in total. The Morgan fingerprint density at radius 2 is 1.70 bits per heavy atom. The van der Waals surface area contributed by atoms with Crippen molar-refractivity contribution in [3.05, 3.63) is 35.9 Å². The summed E-state index contributed by atoms with van der Waals surface area (Å²) in [5.41, 5.74) is 0.650. The van der Waals surface area contributed by atoms with Gasteiger partial charge in [-0.3, -0.25) is 4.28 Å². The van der Waals surface area contributed by atoms with Gasteiger partial charge < -0.3 is 0 Å². The van der Waals surface area contributed by atoms with Gasteiger partial charge in [0.1, 0.15) is 5.71 Å². The normalized spacial score (nSPS) is 17.9. The minimum Gasteiger partial charge on any atom is -0.268 e. The van der Waals surface area contributed by atoms with Crippen molar-refractivity contribution in [2.75, 3.05) is 12.0 Å². The fourth-order valence-corrected chi connectivity index (χ4v) is 4.75. The van der Waals surface area contributed by atoms with Crippen LogP contribution in [-0.2, 0) is 24.2 Å². The smallest absolute Gasteiger partial charge is 0.268 e. The van der Waals surface area contributed by atoms with Crippen molar-refractivity contribution in [3.63, 3.8) is 0 Å². The van der Waals surface area contributed by atoms with Gasteiger partial charge >= 0.3 is 10.1 Å². The molecular formula is C15H21NO5S2. The Morgan fingerprint density at radius 1 is 1.09 bits per heavy atom. The molecule has 0 bridgehead atoms. The molecule has 0 amide bonds. The summed E-state index contributed by atoms with van der Waals surface area (Å²) in [7, 11) is -7.19. The summed E-state index contributed by atoms with van der Waals surface area (Å²) < 4.78 is 52.0. The van der Waals surface area contributed by atoms with Crippen molar-refractivity contribution < 1.29 is 21.1 Å². The maximum Gasteiger partial charge on any atom is 0.325 e. The number of benzene rings is 1. The van der Waals surface area contributed by atoms with Gasteiger partial charge in [0.2, 0.25) is 0 Å². The van der Waals surface area contributed by atoms with Crippen LogP contribution in [0.1, 0.15) is 37.7 Å². The van der Waals surface area contributed by atoms with Gasteiger partial charge in [-0.1, -0.05) is 54.8 Å². The highest BCUT2D eigenvalue weighted by molar-refractivity contribution is 7.92. The first-order valence-corrected chi connectivity index (χ1v) is 11.0. The second-order valence-corrected chi connectivity index (χ2v) is 9.59. The van der Waals surface area contributed by atoms with Gasteiger partial charge in [-0.05, 0) is 12.8 Å². The van der Waals surface area contributed by atoms with E-state index in [1.165, 1.54) is 0 Å². The standard InChI is InChI=1S/C15H21NO5S2/c1-22(17,18)21-16-15(13-8-4-2-5-9-13)12-23(19,20)14-10-6-3-7-11-14/h2,4-5,8-9,14H,3,6-7,10-12H2,1H3. The molecule has 23 heavy (non-hydrogen) atoms. The van der Waals surface area contributed by atoms with Crippen LogP contribution in [0.2, 0.25) is 0 Å². The Kier molecular flexibility index (Phi) is 5.80. The van der Waals surface area contributed by atoms with E-state index in [9.17, 15) is 16.8 Å². The molecule has 6 nitrogen and oxygen atoms in total. The Balaban J connectivity index is 2.27. The quantitative estimate of drug-likeness (QED) is 0.573. The van der Waals surface area contributed by atoms with E-state index >= 15 is 0 Å². The Labute approximate surface area is 137 Å². The third-order valence-electron chi connectivity index (χ3n) is 3.79. The lowest BCUT2D eigenvalue weighted by atomic mass is 10.0. The van der Waals surface area contributed by atoms with E-state index in [4.69, 9.17) is 0 Å². The van der Waals surface area contributed by atoms with E-state index in [1.54, 1.807) is 30.3 Å². The maximum atomic E-state index is 12.6. The number of sulfone groups is 1. The molecule has 0 unspecified atom stereocenters. The molecule has 8 heteroatoms. The van der Waals surface area contributed by atoms with Gasteiger partial charge in [0.05, 0.1) is 17.3 Å². The number of nitrogens with zero attached hydrogens (tertiary/aromatic N) is 1. The largest absolute Gasteiger partial charge is 0.325 e. The van der Waals surface area contributed by atoms with Gasteiger partial charge in [0.15, 0.2) is 9.84 Å². The van der Waals surface area contributed by atoms with Crippen LogP contribution in [0.25, 0.3) is 0 Å². The zero-order chi connectivity index (χ0) is 16.9. The van der Waals surface area contributed by atoms with Crippen LogP contribution >= 0.6 is 0 Å². The summed E-state index contributed by atoms with van der Waals surface area (Å²) in [5.74, 6) is -0.322. The van der Waals surface area contributed by atoms with E-state index in [0.29, 0.717) is 18.4 Å². The molecule has 1 aromatic carbocycles.